The fourth-order valence-electron chi connectivity index (χ4n) is 4.49. The number of aliphatic hydroxyl groups excluding tert-OH is 1. The zero-order chi connectivity index (χ0) is 19.6. The van der Waals surface area contributed by atoms with Crippen LogP contribution in [-0.2, 0) is 16.0 Å². The molecule has 2 aliphatic heterocycles. The van der Waals surface area contributed by atoms with Crippen molar-refractivity contribution in [2.45, 2.75) is 59.0 Å². The van der Waals surface area contributed by atoms with Gasteiger partial charge in [-0.15, -0.1) is 0 Å². The van der Waals surface area contributed by atoms with E-state index in [1.54, 1.807) is 6.92 Å². The second-order valence-electron chi connectivity index (χ2n) is 8.61. The lowest BCUT2D eigenvalue weighted by Crippen LogP contribution is -2.53. The second kappa shape index (κ2) is 8.01. The number of β-amino-alcohol motifs (C(OH)–C–C–N with tert-alkyl or cyclic N) is 1. The molecule has 0 aromatic heterocycles. The van der Waals surface area contributed by atoms with Gasteiger partial charge < -0.3 is 14.9 Å². The molecule has 2 saturated heterocycles. The highest BCUT2D eigenvalue weighted by Gasteiger charge is 2.41. The van der Waals surface area contributed by atoms with Gasteiger partial charge in [-0.05, 0) is 56.6 Å². The number of benzene rings is 1. The molecule has 1 N–H and O–H groups in total. The molecule has 2 aliphatic rings. The van der Waals surface area contributed by atoms with Crippen molar-refractivity contribution in [3.8, 4) is 0 Å². The molecule has 148 valence electrons. The highest BCUT2D eigenvalue weighted by atomic mass is 16.3. The Kier molecular flexibility index (Phi) is 5.89. The molecule has 2 amide bonds. The number of carbonyl (C=O) groups excluding carboxylic acids is 2. The van der Waals surface area contributed by atoms with Crippen LogP contribution in [0.1, 0.15) is 49.3 Å². The van der Waals surface area contributed by atoms with Crippen molar-refractivity contribution in [1.82, 2.24) is 9.80 Å². The van der Waals surface area contributed by atoms with Gasteiger partial charge in [-0.1, -0.05) is 23.8 Å². The van der Waals surface area contributed by atoms with Gasteiger partial charge in [-0.3, -0.25) is 9.59 Å². The van der Waals surface area contributed by atoms with Crippen molar-refractivity contribution in [2.75, 3.05) is 26.2 Å². The maximum atomic E-state index is 12.8. The summed E-state index contributed by atoms with van der Waals surface area (Å²) in [5.74, 6) is 0.348. The van der Waals surface area contributed by atoms with E-state index in [0.717, 1.165) is 44.5 Å². The third kappa shape index (κ3) is 4.70. The van der Waals surface area contributed by atoms with E-state index in [-0.39, 0.29) is 17.2 Å². The van der Waals surface area contributed by atoms with Gasteiger partial charge in [0.15, 0.2) is 0 Å². The average molecular weight is 373 g/mol. The molecule has 1 atom stereocenters. The third-order valence-electron chi connectivity index (χ3n) is 6.26. The van der Waals surface area contributed by atoms with Crippen LogP contribution in [0.3, 0.4) is 0 Å². The molecule has 0 aliphatic carbocycles. The van der Waals surface area contributed by atoms with Gasteiger partial charge in [0.1, 0.15) is 0 Å². The smallest absolute Gasteiger partial charge is 0.227 e. The Morgan fingerprint density at radius 2 is 1.93 bits per heavy atom. The monoisotopic (exact) mass is 372 g/mol. The molecule has 27 heavy (non-hydrogen) atoms. The fraction of sp³-hybridized carbons (Fsp3) is 0.636. The first-order chi connectivity index (χ1) is 12.8. The van der Waals surface area contributed by atoms with E-state index in [0.29, 0.717) is 19.4 Å². The minimum atomic E-state index is -0.497. The lowest BCUT2D eigenvalue weighted by molar-refractivity contribution is -0.143. The summed E-state index contributed by atoms with van der Waals surface area (Å²) in [4.78, 5) is 28.7. The van der Waals surface area contributed by atoms with Crippen LogP contribution in [0.4, 0.5) is 0 Å². The fourth-order valence-corrected chi connectivity index (χ4v) is 4.49. The van der Waals surface area contributed by atoms with Gasteiger partial charge >= 0.3 is 0 Å². The standard InChI is InChI=1S/C22H32N2O3/c1-16-4-5-17(2)19(12-16)13-21(27)23-10-8-22(9-11-23)7-6-20(26)24(15-22)14-18(3)25/h4-5,12,18,25H,6-11,13-15H2,1-3H3. The van der Waals surface area contributed by atoms with Crippen molar-refractivity contribution < 1.29 is 14.7 Å². The SMILES string of the molecule is Cc1ccc(C)c(CC(=O)N2CCC3(CCC(=O)N(CC(C)O)C3)CC2)c1. The molecular weight excluding hydrogens is 340 g/mol. The van der Waals surface area contributed by atoms with E-state index >= 15 is 0 Å². The number of hydrogen-bond acceptors (Lipinski definition) is 3. The lowest BCUT2D eigenvalue weighted by Gasteiger charge is -2.47. The van der Waals surface area contributed by atoms with Crippen molar-refractivity contribution in [3.63, 3.8) is 0 Å². The van der Waals surface area contributed by atoms with Crippen LogP contribution in [0.2, 0.25) is 0 Å². The van der Waals surface area contributed by atoms with Crippen LogP contribution in [0, 0.1) is 19.3 Å². The van der Waals surface area contributed by atoms with Gasteiger partial charge in [0, 0.05) is 32.6 Å². The maximum absolute atomic E-state index is 12.8. The van der Waals surface area contributed by atoms with Crippen LogP contribution in [0.5, 0.6) is 0 Å². The van der Waals surface area contributed by atoms with E-state index in [2.05, 4.69) is 32.0 Å². The normalized spacial score (nSPS) is 20.8. The molecule has 2 fully saturated rings. The van der Waals surface area contributed by atoms with Gasteiger partial charge in [0.05, 0.1) is 12.5 Å². The molecule has 5 nitrogen and oxygen atoms in total. The van der Waals surface area contributed by atoms with Crippen molar-refractivity contribution >= 4 is 11.8 Å². The van der Waals surface area contributed by atoms with Crippen molar-refractivity contribution in [2.24, 2.45) is 5.41 Å². The van der Waals surface area contributed by atoms with E-state index in [4.69, 9.17) is 0 Å². The molecule has 2 heterocycles. The molecule has 1 spiro atoms. The zero-order valence-corrected chi connectivity index (χ0v) is 16.8. The van der Waals surface area contributed by atoms with Gasteiger partial charge in [-0.25, -0.2) is 0 Å². The van der Waals surface area contributed by atoms with Gasteiger partial charge in [0.2, 0.25) is 11.8 Å². The summed E-state index contributed by atoms with van der Waals surface area (Å²) in [6, 6.07) is 6.27. The summed E-state index contributed by atoms with van der Waals surface area (Å²) < 4.78 is 0. The van der Waals surface area contributed by atoms with Crippen LogP contribution >= 0.6 is 0 Å². The second-order valence-corrected chi connectivity index (χ2v) is 8.61. The summed E-state index contributed by atoms with van der Waals surface area (Å²) in [5.41, 5.74) is 3.58. The van der Waals surface area contributed by atoms with E-state index < -0.39 is 6.10 Å². The summed E-state index contributed by atoms with van der Waals surface area (Å²) in [6.07, 6.45) is 3.31. The van der Waals surface area contributed by atoms with Crippen molar-refractivity contribution in [3.05, 3.63) is 34.9 Å². The molecule has 5 heteroatoms. The number of aliphatic hydroxyl groups is 1. The Balaban J connectivity index is 1.58. The van der Waals surface area contributed by atoms with Crippen LogP contribution in [0.25, 0.3) is 0 Å². The largest absolute Gasteiger partial charge is 0.392 e. The molecule has 1 aromatic rings. The molecule has 1 unspecified atom stereocenters. The molecule has 3 rings (SSSR count). The molecule has 1 aromatic carbocycles. The third-order valence-corrected chi connectivity index (χ3v) is 6.26. The quantitative estimate of drug-likeness (QED) is 0.883. The predicted molar refractivity (Wildman–Crippen MR) is 105 cm³/mol. The Bertz CT molecular complexity index is 706. The van der Waals surface area contributed by atoms with E-state index in [9.17, 15) is 14.7 Å². The summed E-state index contributed by atoms with van der Waals surface area (Å²) in [5, 5.41) is 9.66. The minimum Gasteiger partial charge on any atom is -0.392 e. The number of aryl methyl sites for hydroxylation is 2. The Morgan fingerprint density at radius 3 is 2.59 bits per heavy atom. The minimum absolute atomic E-state index is 0.110. The number of piperidine rings is 2. The summed E-state index contributed by atoms with van der Waals surface area (Å²) in [7, 11) is 0. The first-order valence-corrected chi connectivity index (χ1v) is 10.1. The molecular formula is C22H32N2O3. The number of rotatable bonds is 4. The van der Waals surface area contributed by atoms with Gasteiger partial charge in [0.25, 0.3) is 0 Å². The van der Waals surface area contributed by atoms with Gasteiger partial charge in [-0.2, -0.15) is 0 Å². The van der Waals surface area contributed by atoms with Crippen LogP contribution in [0.15, 0.2) is 18.2 Å². The van der Waals surface area contributed by atoms with Crippen molar-refractivity contribution in [1.29, 1.82) is 0 Å². The Labute approximate surface area is 162 Å². The molecule has 0 saturated carbocycles. The lowest BCUT2D eigenvalue weighted by atomic mass is 9.72. The number of hydrogen-bond donors (Lipinski definition) is 1. The first-order valence-electron chi connectivity index (χ1n) is 10.1. The number of amides is 2. The number of likely N-dealkylation sites (tertiary alicyclic amines) is 2. The average Bonchev–Trinajstić information content (AvgIpc) is 2.62. The first kappa shape index (κ1) is 19.9. The number of nitrogens with zero attached hydrogens (tertiary/aromatic N) is 2. The highest BCUT2D eigenvalue weighted by Crippen LogP contribution is 2.40. The zero-order valence-electron chi connectivity index (χ0n) is 16.8. The van der Waals surface area contributed by atoms with Crippen LogP contribution in [-0.4, -0.2) is 59.0 Å². The van der Waals surface area contributed by atoms with Crippen LogP contribution < -0.4 is 0 Å². The predicted octanol–water partition coefficient (Wildman–Crippen LogP) is 2.46. The summed E-state index contributed by atoms with van der Waals surface area (Å²) in [6.45, 7) is 8.50. The van der Waals surface area contributed by atoms with E-state index in [1.165, 1.54) is 11.1 Å². The Hall–Kier alpha value is -1.88. The molecule has 0 bridgehead atoms. The molecule has 0 radical (unpaired) electrons. The van der Waals surface area contributed by atoms with E-state index in [1.807, 2.05) is 9.80 Å². The maximum Gasteiger partial charge on any atom is 0.227 e. The Morgan fingerprint density at radius 1 is 1.22 bits per heavy atom. The summed E-state index contributed by atoms with van der Waals surface area (Å²) >= 11 is 0. The topological polar surface area (TPSA) is 60.9 Å². The highest BCUT2D eigenvalue weighted by molar-refractivity contribution is 5.79. The number of carbonyl (C=O) groups is 2.